The number of rotatable bonds is 7. The Hall–Kier alpha value is -2.54. The lowest BCUT2D eigenvalue weighted by atomic mass is 10.1. The SMILES string of the molecule is COc1cccc2c1OCC(C(=O)NCCOCC(=O)O)=C2. The van der Waals surface area contributed by atoms with Gasteiger partial charge in [-0.05, 0) is 12.1 Å². The van der Waals surface area contributed by atoms with E-state index in [0.29, 0.717) is 17.1 Å². The number of carbonyl (C=O) groups is 2. The molecule has 0 fully saturated rings. The fraction of sp³-hybridized carbons (Fsp3) is 0.333. The summed E-state index contributed by atoms with van der Waals surface area (Å²) in [4.78, 5) is 22.3. The highest BCUT2D eigenvalue weighted by atomic mass is 16.5. The number of ether oxygens (including phenoxy) is 3. The Kier molecular flexibility index (Phi) is 5.37. The molecule has 0 atom stereocenters. The first-order valence-corrected chi connectivity index (χ1v) is 6.70. The summed E-state index contributed by atoms with van der Waals surface area (Å²) in [6.45, 7) is 0.134. The van der Waals surface area contributed by atoms with E-state index < -0.39 is 5.97 Å². The maximum absolute atomic E-state index is 12.0. The molecule has 0 aromatic heterocycles. The lowest BCUT2D eigenvalue weighted by molar-refractivity contribution is -0.142. The maximum Gasteiger partial charge on any atom is 0.329 e. The molecule has 1 aliphatic heterocycles. The molecule has 1 heterocycles. The first-order chi connectivity index (χ1) is 10.6. The first kappa shape index (κ1) is 15.8. The molecule has 118 valence electrons. The summed E-state index contributed by atoms with van der Waals surface area (Å²) in [6.07, 6.45) is 1.74. The van der Waals surface area contributed by atoms with Gasteiger partial charge in [-0.1, -0.05) is 12.1 Å². The third-order valence-corrected chi connectivity index (χ3v) is 2.98. The zero-order chi connectivity index (χ0) is 15.9. The van der Waals surface area contributed by atoms with Crippen LogP contribution in [0, 0.1) is 0 Å². The van der Waals surface area contributed by atoms with Crippen LogP contribution in [0.2, 0.25) is 0 Å². The van der Waals surface area contributed by atoms with Crippen LogP contribution in [-0.2, 0) is 14.3 Å². The number of carboxylic acids is 1. The molecule has 7 nitrogen and oxygen atoms in total. The lowest BCUT2D eigenvalue weighted by Gasteiger charge is -2.19. The maximum atomic E-state index is 12.0. The van der Waals surface area contributed by atoms with Crippen molar-refractivity contribution < 1.29 is 28.9 Å². The number of carbonyl (C=O) groups excluding carboxylic acids is 1. The molecule has 0 saturated carbocycles. The number of benzene rings is 1. The van der Waals surface area contributed by atoms with Crippen molar-refractivity contribution in [3.05, 3.63) is 29.3 Å². The summed E-state index contributed by atoms with van der Waals surface area (Å²) < 4.78 is 15.6. The van der Waals surface area contributed by atoms with Crippen LogP contribution in [0.15, 0.2) is 23.8 Å². The van der Waals surface area contributed by atoms with Crippen LogP contribution >= 0.6 is 0 Å². The third kappa shape index (κ3) is 3.98. The Balaban J connectivity index is 1.91. The van der Waals surface area contributed by atoms with Crippen molar-refractivity contribution in [3.8, 4) is 11.5 Å². The quantitative estimate of drug-likeness (QED) is 0.720. The van der Waals surface area contributed by atoms with Crippen LogP contribution in [0.4, 0.5) is 0 Å². The second-order valence-corrected chi connectivity index (χ2v) is 4.54. The largest absolute Gasteiger partial charge is 0.493 e. The van der Waals surface area contributed by atoms with Crippen LogP contribution in [-0.4, -0.2) is 50.5 Å². The number of methoxy groups -OCH3 is 1. The third-order valence-electron chi connectivity index (χ3n) is 2.98. The predicted octanol–water partition coefficient (Wildman–Crippen LogP) is 0.688. The van der Waals surface area contributed by atoms with Crippen molar-refractivity contribution in [1.82, 2.24) is 5.32 Å². The summed E-state index contributed by atoms with van der Waals surface area (Å²) in [7, 11) is 1.56. The summed E-state index contributed by atoms with van der Waals surface area (Å²) in [5.74, 6) is -0.0747. The van der Waals surface area contributed by atoms with E-state index in [2.05, 4.69) is 5.32 Å². The van der Waals surface area contributed by atoms with Crippen LogP contribution in [0.25, 0.3) is 6.08 Å². The number of para-hydroxylation sites is 1. The molecule has 0 bridgehead atoms. The fourth-order valence-corrected chi connectivity index (χ4v) is 1.98. The molecule has 0 spiro atoms. The highest BCUT2D eigenvalue weighted by molar-refractivity contribution is 5.99. The molecule has 0 aliphatic carbocycles. The molecule has 22 heavy (non-hydrogen) atoms. The van der Waals surface area contributed by atoms with Crippen LogP contribution in [0.3, 0.4) is 0 Å². The highest BCUT2D eigenvalue weighted by Crippen LogP contribution is 2.35. The van der Waals surface area contributed by atoms with E-state index in [1.54, 1.807) is 19.3 Å². The van der Waals surface area contributed by atoms with E-state index in [1.807, 2.05) is 12.1 Å². The van der Waals surface area contributed by atoms with E-state index in [0.717, 1.165) is 5.56 Å². The molecule has 1 aliphatic rings. The molecule has 7 heteroatoms. The Morgan fingerprint density at radius 2 is 2.23 bits per heavy atom. The van der Waals surface area contributed by atoms with Crippen LogP contribution < -0.4 is 14.8 Å². The Bertz CT molecular complexity index is 596. The van der Waals surface area contributed by atoms with Gasteiger partial charge < -0.3 is 24.6 Å². The molecule has 1 aromatic rings. The topological polar surface area (TPSA) is 94.1 Å². The van der Waals surface area contributed by atoms with Crippen LogP contribution in [0.5, 0.6) is 11.5 Å². The molecule has 0 unspecified atom stereocenters. The van der Waals surface area contributed by atoms with Gasteiger partial charge in [0, 0.05) is 12.1 Å². The number of nitrogens with one attached hydrogen (secondary N) is 1. The van der Waals surface area contributed by atoms with E-state index in [1.165, 1.54) is 0 Å². The summed E-state index contributed by atoms with van der Waals surface area (Å²) in [5.41, 5.74) is 1.26. The van der Waals surface area contributed by atoms with Crippen molar-refractivity contribution in [2.45, 2.75) is 0 Å². The minimum absolute atomic E-state index is 0.136. The summed E-state index contributed by atoms with van der Waals surface area (Å²) in [6, 6.07) is 5.44. The molecule has 1 amide bonds. The number of hydrogen-bond donors (Lipinski definition) is 2. The van der Waals surface area contributed by atoms with Gasteiger partial charge in [0.05, 0.1) is 19.3 Å². The Morgan fingerprint density at radius 3 is 2.95 bits per heavy atom. The van der Waals surface area contributed by atoms with Crippen molar-refractivity contribution in [2.24, 2.45) is 0 Å². The van der Waals surface area contributed by atoms with E-state index in [4.69, 9.17) is 19.3 Å². The van der Waals surface area contributed by atoms with Crippen molar-refractivity contribution in [1.29, 1.82) is 0 Å². The standard InChI is InChI=1S/C15H17NO6/c1-20-12-4-2-3-10-7-11(8-22-14(10)12)15(19)16-5-6-21-9-13(17)18/h2-4,7H,5-6,8-9H2,1H3,(H,16,19)(H,17,18). The average Bonchev–Trinajstić information content (AvgIpc) is 2.52. The molecule has 2 rings (SSSR count). The number of carboxylic acid groups (broad SMARTS) is 1. The molecule has 2 N–H and O–H groups in total. The Labute approximate surface area is 127 Å². The Morgan fingerprint density at radius 1 is 1.41 bits per heavy atom. The number of amides is 1. The predicted molar refractivity (Wildman–Crippen MR) is 77.9 cm³/mol. The van der Waals surface area contributed by atoms with Gasteiger partial charge in [-0.25, -0.2) is 4.79 Å². The molecular formula is C15H17NO6. The summed E-state index contributed by atoms with van der Waals surface area (Å²) >= 11 is 0. The van der Waals surface area contributed by atoms with Gasteiger partial charge in [-0.3, -0.25) is 4.79 Å². The van der Waals surface area contributed by atoms with Crippen molar-refractivity contribution >= 4 is 18.0 Å². The zero-order valence-electron chi connectivity index (χ0n) is 12.1. The van der Waals surface area contributed by atoms with Gasteiger partial charge in [0.15, 0.2) is 11.5 Å². The second kappa shape index (κ2) is 7.46. The van der Waals surface area contributed by atoms with Gasteiger partial charge in [0.1, 0.15) is 13.2 Å². The molecule has 1 aromatic carbocycles. The van der Waals surface area contributed by atoms with Gasteiger partial charge in [0.2, 0.25) is 0 Å². The first-order valence-electron chi connectivity index (χ1n) is 6.70. The average molecular weight is 307 g/mol. The van der Waals surface area contributed by atoms with Gasteiger partial charge >= 0.3 is 5.97 Å². The van der Waals surface area contributed by atoms with Gasteiger partial charge in [-0.2, -0.15) is 0 Å². The van der Waals surface area contributed by atoms with E-state index in [9.17, 15) is 9.59 Å². The van der Waals surface area contributed by atoms with Crippen LogP contribution in [0.1, 0.15) is 5.56 Å². The van der Waals surface area contributed by atoms with Gasteiger partial charge in [0.25, 0.3) is 5.91 Å². The zero-order valence-corrected chi connectivity index (χ0v) is 12.1. The monoisotopic (exact) mass is 307 g/mol. The minimum Gasteiger partial charge on any atom is -0.493 e. The van der Waals surface area contributed by atoms with Crippen molar-refractivity contribution in [2.75, 3.05) is 33.5 Å². The lowest BCUT2D eigenvalue weighted by Crippen LogP contribution is -2.31. The van der Waals surface area contributed by atoms with E-state index in [-0.39, 0.29) is 32.3 Å². The fourth-order valence-electron chi connectivity index (χ4n) is 1.98. The highest BCUT2D eigenvalue weighted by Gasteiger charge is 2.19. The smallest absolute Gasteiger partial charge is 0.329 e. The molecular weight excluding hydrogens is 290 g/mol. The normalized spacial score (nSPS) is 12.7. The number of aliphatic carboxylic acids is 1. The number of fused-ring (bicyclic) bond motifs is 1. The molecule has 0 saturated heterocycles. The minimum atomic E-state index is -1.04. The molecule has 0 radical (unpaired) electrons. The second-order valence-electron chi connectivity index (χ2n) is 4.54. The van der Waals surface area contributed by atoms with Crippen molar-refractivity contribution in [3.63, 3.8) is 0 Å². The number of hydrogen-bond acceptors (Lipinski definition) is 5. The summed E-state index contributed by atoms with van der Waals surface area (Å²) in [5, 5.41) is 11.1. The van der Waals surface area contributed by atoms with Gasteiger partial charge in [-0.15, -0.1) is 0 Å². The van der Waals surface area contributed by atoms with E-state index >= 15 is 0 Å².